The minimum atomic E-state index is 0. The van der Waals surface area contributed by atoms with Crippen molar-refractivity contribution in [3.8, 4) is 0 Å². The zero-order valence-electron chi connectivity index (χ0n) is 3.65. The van der Waals surface area contributed by atoms with Crippen LogP contribution in [-0.4, -0.2) is 38.5 Å². The minimum absolute atomic E-state index is 0. The van der Waals surface area contributed by atoms with Crippen LogP contribution in [0.5, 0.6) is 0 Å². The Kier molecular flexibility index (Phi) is 35.3. The van der Waals surface area contributed by atoms with Gasteiger partial charge in [0, 0.05) is 0 Å². The third-order valence-corrected chi connectivity index (χ3v) is 1.09. The highest BCUT2D eigenvalue weighted by Gasteiger charge is 1.68. The second-order valence-electron chi connectivity index (χ2n) is 0.866. The Morgan fingerprint density at radius 3 is 1.86 bits per heavy atom. The summed E-state index contributed by atoms with van der Waals surface area (Å²) in [5.74, 6) is 1.02. The van der Waals surface area contributed by atoms with Crippen molar-refractivity contribution in [1.29, 1.82) is 0 Å². The number of rotatable bonds is 2. The molecule has 0 amide bonds. The molecular weight excluding hydrogens is 139 g/mol. The van der Waals surface area contributed by atoms with E-state index in [0.717, 1.165) is 5.75 Å². The summed E-state index contributed by atoms with van der Waals surface area (Å²) in [4.78, 5) is 0. The van der Waals surface area contributed by atoms with Crippen LogP contribution < -0.4 is 0 Å². The minimum Gasteiger partial charge on any atom is -0.412 e. The molecule has 2 radical (unpaired) electrons. The Labute approximate surface area is 63.0 Å². The van der Waals surface area contributed by atoms with Crippen LogP contribution in [0.15, 0.2) is 0 Å². The van der Waals surface area contributed by atoms with E-state index >= 15 is 0 Å². The van der Waals surface area contributed by atoms with Crippen molar-refractivity contribution < 1.29 is 5.48 Å². The molecule has 0 aliphatic heterocycles. The Bertz CT molecular complexity index is 22.4. The highest BCUT2D eigenvalue weighted by Crippen LogP contribution is 1.84. The Hall–Kier alpha value is 1.06. The molecular formula is C3H13AlOSSi. The first-order valence-corrected chi connectivity index (χ1v) is 3.17. The van der Waals surface area contributed by atoms with Crippen molar-refractivity contribution in [2.45, 2.75) is 11.7 Å². The van der Waals surface area contributed by atoms with E-state index in [0.29, 0.717) is 0 Å². The van der Waals surface area contributed by atoms with Gasteiger partial charge in [-0.05, 0) is 16.7 Å². The van der Waals surface area contributed by atoms with Gasteiger partial charge in [-0.1, -0.05) is 6.42 Å². The van der Waals surface area contributed by atoms with Gasteiger partial charge in [0.15, 0.2) is 0 Å². The lowest BCUT2D eigenvalue weighted by molar-refractivity contribution is 0.824. The van der Waals surface area contributed by atoms with E-state index in [4.69, 9.17) is 0 Å². The van der Waals surface area contributed by atoms with E-state index < -0.39 is 0 Å². The van der Waals surface area contributed by atoms with Gasteiger partial charge in [-0.15, -0.1) is 5.28 Å². The van der Waals surface area contributed by atoms with Crippen molar-refractivity contribution in [1.82, 2.24) is 0 Å². The van der Waals surface area contributed by atoms with Gasteiger partial charge in [-0.25, -0.2) is 0 Å². The molecule has 44 valence electrons. The lowest BCUT2D eigenvalue weighted by atomic mass is 10.6. The van der Waals surface area contributed by atoms with E-state index in [1.807, 2.05) is 0 Å². The first-order chi connectivity index (χ1) is 2.41. The molecule has 0 spiro atoms. The largest absolute Gasteiger partial charge is 0.412 e. The van der Waals surface area contributed by atoms with Crippen LogP contribution in [0.2, 0.25) is 5.28 Å². The van der Waals surface area contributed by atoms with Crippen molar-refractivity contribution in [2.75, 3.05) is 5.75 Å². The number of thiol groups is 1. The molecule has 0 saturated carbocycles. The zero-order valence-corrected chi connectivity index (χ0v) is 5.70. The molecule has 7 heavy (non-hydrogen) atoms. The van der Waals surface area contributed by atoms with Gasteiger partial charge in [0.2, 0.25) is 0 Å². The van der Waals surface area contributed by atoms with Crippen LogP contribution in [0.25, 0.3) is 0 Å². The molecule has 0 aliphatic rings. The fourth-order valence-electron chi connectivity index (χ4n) is 0.0913. The van der Waals surface area contributed by atoms with E-state index in [2.05, 4.69) is 28.9 Å². The third-order valence-electron chi connectivity index (χ3n) is 0.362. The van der Waals surface area contributed by atoms with E-state index in [-0.39, 0.29) is 16.4 Å². The van der Waals surface area contributed by atoms with Crippen molar-refractivity contribution in [2.24, 2.45) is 0 Å². The van der Waals surface area contributed by atoms with Crippen LogP contribution in [0, 0.1) is 0 Å². The smallest absolute Gasteiger partial charge is 0.118 e. The first-order valence-electron chi connectivity index (χ1n) is 1.72. The molecule has 2 N–H and O–H groups in total. The normalized spacial score (nSPS) is 5.86. The molecule has 0 fully saturated rings. The molecule has 0 rings (SSSR count). The topological polar surface area (TPSA) is 31.5 Å². The molecule has 0 aromatic heterocycles. The van der Waals surface area contributed by atoms with Crippen LogP contribution in [0.3, 0.4) is 0 Å². The van der Waals surface area contributed by atoms with E-state index in [1.165, 1.54) is 11.7 Å². The fraction of sp³-hybridized carbons (Fsp3) is 1.00. The second-order valence-corrected chi connectivity index (χ2v) is 1.89. The fourth-order valence-corrected chi connectivity index (χ4v) is 0.822. The van der Waals surface area contributed by atoms with Gasteiger partial charge in [-0.2, -0.15) is 12.6 Å². The first kappa shape index (κ1) is 15.7. The summed E-state index contributed by atoms with van der Waals surface area (Å²) in [6.07, 6.45) is 1.22. The maximum Gasteiger partial charge on any atom is 0.118 e. The highest BCUT2D eigenvalue weighted by molar-refractivity contribution is 7.80. The Balaban J connectivity index is -0.0000000800. The van der Waals surface area contributed by atoms with E-state index in [9.17, 15) is 0 Å². The molecule has 0 saturated heterocycles. The van der Waals surface area contributed by atoms with Crippen molar-refractivity contribution in [3.63, 3.8) is 0 Å². The summed E-state index contributed by atoms with van der Waals surface area (Å²) < 4.78 is 0. The summed E-state index contributed by atoms with van der Waals surface area (Å²) >= 11 is 6.64. The van der Waals surface area contributed by atoms with Crippen molar-refractivity contribution in [3.05, 3.63) is 0 Å². The summed E-state index contributed by atoms with van der Waals surface area (Å²) in [6, 6.07) is 0. The quantitative estimate of drug-likeness (QED) is 0.373. The predicted molar refractivity (Wildman–Crippen MR) is 44.0 cm³/mol. The van der Waals surface area contributed by atoms with Crippen LogP contribution >= 0.6 is 12.6 Å². The zero-order chi connectivity index (χ0) is 4.12. The van der Waals surface area contributed by atoms with Gasteiger partial charge >= 0.3 is 0 Å². The van der Waals surface area contributed by atoms with Gasteiger partial charge in [0.05, 0.1) is 0 Å². The maximum atomic E-state index is 3.99. The van der Waals surface area contributed by atoms with Gasteiger partial charge in [-0.3, -0.25) is 0 Å². The lowest BCUT2D eigenvalue weighted by Gasteiger charge is -1.79. The molecule has 0 aromatic rings. The molecule has 0 aromatic carbocycles. The Morgan fingerprint density at radius 2 is 1.86 bits per heavy atom. The standard InChI is InChI=1S/C3H7S.Al.H2O.H4Si/c1-2-3-4;;;/h4H,1-3H2;;1H2;1H4. The van der Waals surface area contributed by atoms with Crippen LogP contribution in [-0.2, 0) is 0 Å². The molecule has 4 heteroatoms. The number of hydrogen-bond acceptors (Lipinski definition) is 1. The highest BCUT2D eigenvalue weighted by atomic mass is 32.1. The van der Waals surface area contributed by atoms with Gasteiger partial charge < -0.3 is 5.48 Å². The summed E-state index contributed by atoms with van der Waals surface area (Å²) in [5, 5.41) is 1.18. The Morgan fingerprint density at radius 1 is 1.43 bits per heavy atom. The van der Waals surface area contributed by atoms with Gasteiger partial charge in [0.25, 0.3) is 0 Å². The average molecular weight is 152 g/mol. The maximum absolute atomic E-state index is 3.99. The predicted octanol–water partition coefficient (Wildman–Crippen LogP) is -1.38. The summed E-state index contributed by atoms with van der Waals surface area (Å²) in [6.45, 7) is 0. The second kappa shape index (κ2) is 15.7. The average Bonchev–Trinajstić information content (AvgIpc) is 1.41. The van der Waals surface area contributed by atoms with E-state index in [1.54, 1.807) is 0 Å². The van der Waals surface area contributed by atoms with Crippen LogP contribution in [0.1, 0.15) is 6.42 Å². The lowest BCUT2D eigenvalue weighted by Crippen LogP contribution is -1.69. The van der Waals surface area contributed by atoms with Gasteiger partial charge in [0.1, 0.15) is 16.3 Å². The summed E-state index contributed by atoms with van der Waals surface area (Å²) in [7, 11) is 0. The molecule has 0 bridgehead atoms. The molecule has 0 aliphatic carbocycles. The third kappa shape index (κ3) is 19.3. The monoisotopic (exact) mass is 152 g/mol. The molecule has 1 nitrogen and oxygen atoms in total. The SMILES string of the molecule is O.[Al][CH2]CCS.[SiH4]. The van der Waals surface area contributed by atoms with Crippen molar-refractivity contribution >= 4 is 39.9 Å². The number of hydrogen-bond donors (Lipinski definition) is 1. The summed E-state index contributed by atoms with van der Waals surface area (Å²) in [5.41, 5.74) is 0. The molecule has 0 atom stereocenters. The molecule has 0 heterocycles. The van der Waals surface area contributed by atoms with Crippen LogP contribution in [0.4, 0.5) is 0 Å². The molecule has 0 unspecified atom stereocenters.